The molecule has 6 heteroatoms. The maximum atomic E-state index is 5.97. The fraction of sp³-hybridized carbons (Fsp3) is 0.312. The number of para-hydroxylation sites is 2. The highest BCUT2D eigenvalue weighted by Crippen LogP contribution is 2.23. The van der Waals surface area contributed by atoms with Crippen LogP contribution in [0.2, 0.25) is 0 Å². The monoisotopic (exact) mass is 302 g/mol. The fourth-order valence-corrected chi connectivity index (χ4v) is 2.10. The van der Waals surface area contributed by atoms with Gasteiger partial charge in [-0.15, -0.1) is 0 Å². The van der Waals surface area contributed by atoms with Crippen molar-refractivity contribution in [3.8, 4) is 5.75 Å². The number of furan rings is 1. The summed E-state index contributed by atoms with van der Waals surface area (Å²) >= 11 is 0. The number of nitrogens with two attached hydrogens (primary N) is 1. The van der Waals surface area contributed by atoms with Crippen molar-refractivity contribution < 1.29 is 9.15 Å². The number of guanidine groups is 1. The van der Waals surface area contributed by atoms with Crippen LogP contribution in [0.4, 0.5) is 5.69 Å². The summed E-state index contributed by atoms with van der Waals surface area (Å²) in [6.07, 6.45) is 1.66. The van der Waals surface area contributed by atoms with E-state index in [1.807, 2.05) is 55.4 Å². The first-order valence-electron chi connectivity index (χ1n) is 7.01. The molecular weight excluding hydrogens is 280 g/mol. The third-order valence-electron chi connectivity index (χ3n) is 3.30. The average molecular weight is 302 g/mol. The molecule has 0 aliphatic heterocycles. The Kier molecular flexibility index (Phi) is 5.43. The SMILES string of the molecule is COc1ccccc1NC(N)=NCC(c1ccco1)N(C)C. The molecular formula is C16H22N4O2. The molecule has 0 aliphatic carbocycles. The molecule has 0 bridgehead atoms. The van der Waals surface area contributed by atoms with E-state index in [0.717, 1.165) is 17.2 Å². The van der Waals surface area contributed by atoms with E-state index in [1.54, 1.807) is 13.4 Å². The largest absolute Gasteiger partial charge is 0.495 e. The lowest BCUT2D eigenvalue weighted by Crippen LogP contribution is -2.27. The molecule has 1 heterocycles. The van der Waals surface area contributed by atoms with Crippen LogP contribution in [0.3, 0.4) is 0 Å². The van der Waals surface area contributed by atoms with Crippen LogP contribution in [-0.2, 0) is 0 Å². The van der Waals surface area contributed by atoms with Crippen molar-refractivity contribution in [3.63, 3.8) is 0 Å². The molecule has 0 radical (unpaired) electrons. The third kappa shape index (κ3) is 4.02. The third-order valence-corrected chi connectivity index (χ3v) is 3.30. The van der Waals surface area contributed by atoms with Crippen LogP contribution < -0.4 is 15.8 Å². The van der Waals surface area contributed by atoms with Gasteiger partial charge in [0.25, 0.3) is 0 Å². The summed E-state index contributed by atoms with van der Waals surface area (Å²) in [7, 11) is 5.58. The van der Waals surface area contributed by atoms with Gasteiger partial charge in [0.2, 0.25) is 0 Å². The van der Waals surface area contributed by atoms with E-state index in [2.05, 4.69) is 10.3 Å². The van der Waals surface area contributed by atoms with Gasteiger partial charge in [-0.25, -0.2) is 0 Å². The number of methoxy groups -OCH3 is 1. The summed E-state index contributed by atoms with van der Waals surface area (Å²) in [6.45, 7) is 0.495. The lowest BCUT2D eigenvalue weighted by Gasteiger charge is -2.20. The van der Waals surface area contributed by atoms with Gasteiger partial charge in [0.15, 0.2) is 5.96 Å². The molecule has 0 aliphatic rings. The van der Waals surface area contributed by atoms with Crippen LogP contribution in [0.25, 0.3) is 0 Å². The maximum absolute atomic E-state index is 5.97. The van der Waals surface area contributed by atoms with E-state index in [0.29, 0.717) is 12.5 Å². The summed E-state index contributed by atoms with van der Waals surface area (Å²) < 4.78 is 10.7. The highest BCUT2D eigenvalue weighted by Gasteiger charge is 2.16. The smallest absolute Gasteiger partial charge is 0.193 e. The number of ether oxygens (including phenoxy) is 1. The summed E-state index contributed by atoms with van der Waals surface area (Å²) in [5.41, 5.74) is 6.75. The number of rotatable bonds is 6. The van der Waals surface area contributed by atoms with Crippen molar-refractivity contribution in [1.29, 1.82) is 0 Å². The zero-order valence-corrected chi connectivity index (χ0v) is 13.1. The molecule has 1 atom stereocenters. The Morgan fingerprint density at radius 2 is 2.09 bits per heavy atom. The number of nitrogens with zero attached hydrogens (tertiary/aromatic N) is 2. The minimum absolute atomic E-state index is 0.0352. The number of likely N-dealkylation sites (N-methyl/N-ethyl adjacent to an activating group) is 1. The van der Waals surface area contributed by atoms with Gasteiger partial charge in [-0.05, 0) is 38.4 Å². The number of hydrogen-bond acceptors (Lipinski definition) is 4. The molecule has 1 aromatic carbocycles. The first kappa shape index (κ1) is 15.9. The van der Waals surface area contributed by atoms with Crippen molar-refractivity contribution >= 4 is 11.6 Å². The topological polar surface area (TPSA) is 76.0 Å². The average Bonchev–Trinajstić information content (AvgIpc) is 3.01. The Balaban J connectivity index is 2.05. The molecule has 2 aromatic rings. The molecule has 3 N–H and O–H groups in total. The molecule has 22 heavy (non-hydrogen) atoms. The van der Waals surface area contributed by atoms with Crippen LogP contribution in [0.5, 0.6) is 5.75 Å². The minimum atomic E-state index is 0.0352. The van der Waals surface area contributed by atoms with Gasteiger partial charge in [-0.3, -0.25) is 9.89 Å². The summed E-state index contributed by atoms with van der Waals surface area (Å²) in [4.78, 5) is 6.44. The van der Waals surface area contributed by atoms with E-state index in [9.17, 15) is 0 Å². The first-order valence-corrected chi connectivity index (χ1v) is 7.01. The molecule has 1 unspecified atom stereocenters. The second-order valence-corrected chi connectivity index (χ2v) is 5.05. The lowest BCUT2D eigenvalue weighted by molar-refractivity contribution is 0.265. The Morgan fingerprint density at radius 3 is 2.73 bits per heavy atom. The van der Waals surface area contributed by atoms with Gasteiger partial charge >= 0.3 is 0 Å². The number of anilines is 1. The van der Waals surface area contributed by atoms with Crippen molar-refractivity contribution in [2.24, 2.45) is 10.7 Å². The molecule has 0 amide bonds. The van der Waals surface area contributed by atoms with E-state index < -0.39 is 0 Å². The van der Waals surface area contributed by atoms with Crippen molar-refractivity contribution in [3.05, 3.63) is 48.4 Å². The highest BCUT2D eigenvalue weighted by atomic mass is 16.5. The Bertz CT molecular complexity index is 608. The van der Waals surface area contributed by atoms with E-state index in [-0.39, 0.29) is 6.04 Å². The summed E-state index contributed by atoms with van der Waals surface area (Å²) in [6, 6.07) is 11.4. The maximum Gasteiger partial charge on any atom is 0.193 e. The van der Waals surface area contributed by atoms with Crippen molar-refractivity contribution in [1.82, 2.24) is 4.90 Å². The molecule has 118 valence electrons. The molecule has 6 nitrogen and oxygen atoms in total. The quantitative estimate of drug-likeness (QED) is 0.632. The van der Waals surface area contributed by atoms with E-state index in [4.69, 9.17) is 14.9 Å². The zero-order valence-electron chi connectivity index (χ0n) is 13.1. The van der Waals surface area contributed by atoms with Gasteiger partial charge in [-0.2, -0.15) is 0 Å². The Hall–Kier alpha value is -2.47. The van der Waals surface area contributed by atoms with E-state index in [1.165, 1.54) is 0 Å². The molecule has 0 fully saturated rings. The van der Waals surface area contributed by atoms with E-state index >= 15 is 0 Å². The molecule has 0 saturated carbocycles. The Morgan fingerprint density at radius 1 is 1.32 bits per heavy atom. The number of benzene rings is 1. The van der Waals surface area contributed by atoms with Gasteiger partial charge in [0, 0.05) is 0 Å². The van der Waals surface area contributed by atoms with Crippen LogP contribution in [0.1, 0.15) is 11.8 Å². The first-order chi connectivity index (χ1) is 10.6. The van der Waals surface area contributed by atoms with Crippen LogP contribution in [0.15, 0.2) is 52.1 Å². The number of nitrogens with one attached hydrogen (secondary N) is 1. The molecule has 2 rings (SSSR count). The van der Waals surface area contributed by atoms with Gasteiger partial charge in [-0.1, -0.05) is 12.1 Å². The number of aliphatic imine (C=N–C) groups is 1. The summed E-state index contributed by atoms with van der Waals surface area (Å²) in [5, 5.41) is 3.05. The van der Waals surface area contributed by atoms with Gasteiger partial charge < -0.3 is 20.2 Å². The minimum Gasteiger partial charge on any atom is -0.495 e. The van der Waals surface area contributed by atoms with Crippen molar-refractivity contribution in [2.45, 2.75) is 6.04 Å². The molecule has 1 aromatic heterocycles. The van der Waals surface area contributed by atoms with Crippen molar-refractivity contribution in [2.75, 3.05) is 33.1 Å². The van der Waals surface area contributed by atoms with Gasteiger partial charge in [0.1, 0.15) is 11.5 Å². The van der Waals surface area contributed by atoms with Crippen LogP contribution in [0, 0.1) is 0 Å². The number of hydrogen-bond donors (Lipinski definition) is 2. The highest BCUT2D eigenvalue weighted by molar-refractivity contribution is 5.93. The summed E-state index contributed by atoms with van der Waals surface area (Å²) in [5.74, 6) is 1.91. The predicted octanol–water partition coefficient (Wildman–Crippen LogP) is 2.32. The van der Waals surface area contributed by atoms with Gasteiger partial charge in [0.05, 0.1) is 31.6 Å². The fourth-order valence-electron chi connectivity index (χ4n) is 2.10. The standard InChI is InChI=1S/C16H22N4O2/c1-20(2)13(15-9-6-10-22-15)11-18-16(17)19-12-7-4-5-8-14(12)21-3/h4-10,13H,11H2,1-3H3,(H3,17,18,19). The molecule has 0 saturated heterocycles. The second-order valence-electron chi connectivity index (χ2n) is 5.05. The van der Waals surface area contributed by atoms with Crippen LogP contribution in [-0.4, -0.2) is 38.6 Å². The lowest BCUT2D eigenvalue weighted by atomic mass is 10.2. The Labute approximate surface area is 130 Å². The normalized spacial score (nSPS) is 13.2. The predicted molar refractivity (Wildman–Crippen MR) is 88.2 cm³/mol. The van der Waals surface area contributed by atoms with Crippen LogP contribution >= 0.6 is 0 Å². The zero-order chi connectivity index (χ0) is 15.9. The molecule has 0 spiro atoms. The second kappa shape index (κ2) is 7.51.